The lowest BCUT2D eigenvalue weighted by molar-refractivity contribution is -0.120. The highest BCUT2D eigenvalue weighted by atomic mass is 16.3. The van der Waals surface area contributed by atoms with Crippen LogP contribution in [0.4, 0.5) is 0 Å². The van der Waals surface area contributed by atoms with Gasteiger partial charge in [-0.25, -0.2) is 0 Å². The molecule has 1 atom stereocenters. The van der Waals surface area contributed by atoms with E-state index in [2.05, 4.69) is 10.6 Å². The summed E-state index contributed by atoms with van der Waals surface area (Å²) in [5, 5.41) is 5.22. The summed E-state index contributed by atoms with van der Waals surface area (Å²) >= 11 is 0. The summed E-state index contributed by atoms with van der Waals surface area (Å²) < 4.78 is 4.89. The minimum absolute atomic E-state index is 0.0378. The molecule has 0 aliphatic heterocycles. The summed E-state index contributed by atoms with van der Waals surface area (Å²) in [6.07, 6.45) is 2.27. The van der Waals surface area contributed by atoms with Crippen molar-refractivity contribution in [2.45, 2.75) is 26.3 Å². The summed E-state index contributed by atoms with van der Waals surface area (Å²) in [4.78, 5) is 22.7. The second-order valence-corrected chi connectivity index (χ2v) is 3.54. The van der Waals surface area contributed by atoms with Gasteiger partial charge in [0.05, 0.1) is 12.8 Å². The zero-order valence-electron chi connectivity index (χ0n) is 9.45. The van der Waals surface area contributed by atoms with Crippen LogP contribution in [-0.2, 0) is 4.79 Å². The van der Waals surface area contributed by atoms with Gasteiger partial charge in [0, 0.05) is 6.04 Å². The van der Waals surface area contributed by atoms with Crippen LogP contribution < -0.4 is 10.6 Å². The molecule has 0 radical (unpaired) electrons. The van der Waals surface area contributed by atoms with Crippen LogP contribution in [0.15, 0.2) is 22.8 Å². The van der Waals surface area contributed by atoms with Gasteiger partial charge in [-0.15, -0.1) is 0 Å². The third-order valence-electron chi connectivity index (χ3n) is 2.17. The molecule has 5 nitrogen and oxygen atoms in total. The van der Waals surface area contributed by atoms with E-state index in [4.69, 9.17) is 4.42 Å². The fourth-order valence-electron chi connectivity index (χ4n) is 1.08. The Morgan fingerprint density at radius 3 is 2.81 bits per heavy atom. The van der Waals surface area contributed by atoms with Crippen LogP contribution in [0.5, 0.6) is 0 Å². The summed E-state index contributed by atoms with van der Waals surface area (Å²) in [5.41, 5.74) is 0. The molecule has 0 saturated carbocycles. The van der Waals surface area contributed by atoms with Gasteiger partial charge in [-0.1, -0.05) is 6.92 Å². The van der Waals surface area contributed by atoms with E-state index in [1.54, 1.807) is 12.1 Å². The molecule has 0 aromatic carbocycles. The Bertz CT molecular complexity index is 346. The monoisotopic (exact) mass is 224 g/mol. The predicted octanol–water partition coefficient (Wildman–Crippen LogP) is 0.924. The summed E-state index contributed by atoms with van der Waals surface area (Å²) in [6, 6.07) is 3.28. The molecule has 16 heavy (non-hydrogen) atoms. The van der Waals surface area contributed by atoms with Crippen molar-refractivity contribution >= 4 is 11.8 Å². The maximum atomic E-state index is 11.4. The average Bonchev–Trinajstić information content (AvgIpc) is 2.79. The van der Waals surface area contributed by atoms with Crippen LogP contribution in [0.25, 0.3) is 0 Å². The molecular formula is C11H16N2O3. The van der Waals surface area contributed by atoms with E-state index in [1.165, 1.54) is 6.26 Å². The number of hydrogen-bond acceptors (Lipinski definition) is 3. The highest BCUT2D eigenvalue weighted by molar-refractivity contribution is 5.94. The number of nitrogens with one attached hydrogen (secondary N) is 2. The maximum absolute atomic E-state index is 11.4. The molecular weight excluding hydrogens is 208 g/mol. The van der Waals surface area contributed by atoms with Crippen LogP contribution in [0.1, 0.15) is 30.8 Å². The van der Waals surface area contributed by atoms with Gasteiger partial charge in [0.15, 0.2) is 5.76 Å². The van der Waals surface area contributed by atoms with Crippen LogP contribution >= 0.6 is 0 Å². The van der Waals surface area contributed by atoms with E-state index < -0.39 is 0 Å². The fourth-order valence-corrected chi connectivity index (χ4v) is 1.08. The Hall–Kier alpha value is -1.78. The minimum atomic E-state index is -0.385. The van der Waals surface area contributed by atoms with Crippen molar-refractivity contribution in [3.8, 4) is 0 Å². The molecule has 1 heterocycles. The smallest absolute Gasteiger partial charge is 0.287 e. The van der Waals surface area contributed by atoms with E-state index in [1.807, 2.05) is 13.8 Å². The number of hydrogen-bond donors (Lipinski definition) is 2. The van der Waals surface area contributed by atoms with E-state index in [-0.39, 0.29) is 30.2 Å². The number of rotatable bonds is 5. The van der Waals surface area contributed by atoms with Crippen molar-refractivity contribution in [1.29, 1.82) is 0 Å². The second kappa shape index (κ2) is 5.95. The SMILES string of the molecule is CC[C@H](C)NC(=O)CNC(=O)c1ccco1. The van der Waals surface area contributed by atoms with Crippen molar-refractivity contribution in [3.63, 3.8) is 0 Å². The maximum Gasteiger partial charge on any atom is 0.287 e. The van der Waals surface area contributed by atoms with Crippen molar-refractivity contribution in [3.05, 3.63) is 24.2 Å². The van der Waals surface area contributed by atoms with Crippen LogP contribution in [-0.4, -0.2) is 24.4 Å². The molecule has 1 aromatic heterocycles. The van der Waals surface area contributed by atoms with Gasteiger partial charge in [-0.3, -0.25) is 9.59 Å². The Morgan fingerprint density at radius 2 is 2.25 bits per heavy atom. The topological polar surface area (TPSA) is 71.3 Å². The third-order valence-corrected chi connectivity index (χ3v) is 2.17. The van der Waals surface area contributed by atoms with Crippen molar-refractivity contribution in [2.24, 2.45) is 0 Å². The lowest BCUT2D eigenvalue weighted by Gasteiger charge is -2.11. The number of furan rings is 1. The normalized spacial score (nSPS) is 11.9. The highest BCUT2D eigenvalue weighted by Crippen LogP contribution is 1.98. The van der Waals surface area contributed by atoms with Gasteiger partial charge >= 0.3 is 0 Å². The van der Waals surface area contributed by atoms with Crippen LogP contribution in [0.2, 0.25) is 0 Å². The van der Waals surface area contributed by atoms with Gasteiger partial charge in [-0.2, -0.15) is 0 Å². The quantitative estimate of drug-likeness (QED) is 0.781. The van der Waals surface area contributed by atoms with E-state index in [0.717, 1.165) is 6.42 Å². The minimum Gasteiger partial charge on any atom is -0.459 e. The zero-order valence-corrected chi connectivity index (χ0v) is 9.45. The largest absolute Gasteiger partial charge is 0.459 e. The van der Waals surface area contributed by atoms with Gasteiger partial charge < -0.3 is 15.1 Å². The molecule has 0 fully saturated rings. The summed E-state index contributed by atoms with van der Waals surface area (Å²) in [5.74, 6) is -0.380. The van der Waals surface area contributed by atoms with Crippen LogP contribution in [0, 0.1) is 0 Å². The Kier molecular flexibility index (Phi) is 4.57. The molecule has 0 aliphatic carbocycles. The molecule has 0 aliphatic rings. The summed E-state index contributed by atoms with van der Waals surface area (Å²) in [7, 11) is 0. The van der Waals surface area contributed by atoms with Crippen LogP contribution in [0.3, 0.4) is 0 Å². The standard InChI is InChI=1S/C11H16N2O3/c1-3-8(2)13-10(14)7-12-11(15)9-5-4-6-16-9/h4-6,8H,3,7H2,1-2H3,(H,12,15)(H,13,14)/t8-/m0/s1. The molecule has 2 N–H and O–H groups in total. The molecule has 5 heteroatoms. The molecule has 0 bridgehead atoms. The molecule has 0 saturated heterocycles. The van der Waals surface area contributed by atoms with Gasteiger partial charge in [0.25, 0.3) is 5.91 Å². The third kappa shape index (κ3) is 3.76. The second-order valence-electron chi connectivity index (χ2n) is 3.54. The van der Waals surface area contributed by atoms with Gasteiger partial charge in [-0.05, 0) is 25.5 Å². The van der Waals surface area contributed by atoms with E-state index in [0.29, 0.717) is 0 Å². The average molecular weight is 224 g/mol. The van der Waals surface area contributed by atoms with E-state index >= 15 is 0 Å². The van der Waals surface area contributed by atoms with Crippen molar-refractivity contribution in [2.75, 3.05) is 6.54 Å². The highest BCUT2D eigenvalue weighted by Gasteiger charge is 2.10. The summed E-state index contributed by atoms with van der Waals surface area (Å²) in [6.45, 7) is 3.85. The van der Waals surface area contributed by atoms with Crippen molar-refractivity contribution in [1.82, 2.24) is 10.6 Å². The first-order valence-corrected chi connectivity index (χ1v) is 5.24. The molecule has 2 amide bonds. The predicted molar refractivity (Wildman–Crippen MR) is 58.9 cm³/mol. The first kappa shape index (κ1) is 12.3. The molecule has 0 spiro atoms. The van der Waals surface area contributed by atoms with Gasteiger partial charge in [0.2, 0.25) is 5.91 Å². The molecule has 1 rings (SSSR count). The Labute approximate surface area is 94.2 Å². The molecule has 0 unspecified atom stereocenters. The van der Waals surface area contributed by atoms with Gasteiger partial charge in [0.1, 0.15) is 0 Å². The fraction of sp³-hybridized carbons (Fsp3) is 0.455. The van der Waals surface area contributed by atoms with E-state index in [9.17, 15) is 9.59 Å². The Morgan fingerprint density at radius 1 is 1.50 bits per heavy atom. The first-order chi connectivity index (χ1) is 7.63. The molecule has 1 aromatic rings. The lowest BCUT2D eigenvalue weighted by atomic mass is 10.2. The number of amides is 2. The van der Waals surface area contributed by atoms with Crippen molar-refractivity contribution < 1.29 is 14.0 Å². The zero-order chi connectivity index (χ0) is 12.0. The Balaban J connectivity index is 2.29. The lowest BCUT2D eigenvalue weighted by Crippen LogP contribution is -2.40. The number of carbonyl (C=O) groups is 2. The number of carbonyl (C=O) groups excluding carboxylic acids is 2. The first-order valence-electron chi connectivity index (χ1n) is 5.24. The molecule has 88 valence electrons.